The van der Waals surface area contributed by atoms with E-state index in [2.05, 4.69) is 35.8 Å². The molecule has 0 aromatic heterocycles. The Hall–Kier alpha value is -1.59. The summed E-state index contributed by atoms with van der Waals surface area (Å²) in [5.74, 6) is 2.08. The Morgan fingerprint density at radius 2 is 1.74 bits per heavy atom. The minimum Gasteiger partial charge on any atom is -0.490 e. The fraction of sp³-hybridized carbons (Fsp3) is 0.278. The number of hydrogen-bond acceptors (Lipinski definition) is 3. The third-order valence-electron chi connectivity index (χ3n) is 3.36. The third kappa shape index (κ3) is 4.94. The molecule has 0 saturated heterocycles. The minimum absolute atomic E-state index is 0.367. The lowest BCUT2D eigenvalue weighted by molar-refractivity contribution is 0.214. The summed E-state index contributed by atoms with van der Waals surface area (Å²) >= 11 is 8.42. The van der Waals surface area contributed by atoms with Crippen LogP contribution in [0.4, 0.5) is 0 Å². The standard InChI is InChI=1S/C18H20BrNO2S/c1-12(2)14-5-3-4-6-16(14)21-9-10-22-17-8-7-13(18(20)23)11-15(17)19/h3-8,11-12H,9-10H2,1-2H3,(H2,20,23). The summed E-state index contributed by atoms with van der Waals surface area (Å²) in [5.41, 5.74) is 7.62. The van der Waals surface area contributed by atoms with E-state index in [-0.39, 0.29) is 0 Å². The van der Waals surface area contributed by atoms with Gasteiger partial charge in [0.2, 0.25) is 0 Å². The van der Waals surface area contributed by atoms with Gasteiger partial charge in [0.15, 0.2) is 0 Å². The quantitative estimate of drug-likeness (QED) is 0.548. The molecule has 0 bridgehead atoms. The van der Waals surface area contributed by atoms with Gasteiger partial charge in [0, 0.05) is 5.56 Å². The van der Waals surface area contributed by atoms with Gasteiger partial charge in [0.1, 0.15) is 29.7 Å². The molecule has 0 radical (unpaired) electrons. The van der Waals surface area contributed by atoms with Gasteiger partial charge in [-0.25, -0.2) is 0 Å². The van der Waals surface area contributed by atoms with E-state index < -0.39 is 0 Å². The van der Waals surface area contributed by atoms with Gasteiger partial charge in [-0.2, -0.15) is 0 Å². The average molecular weight is 394 g/mol. The Morgan fingerprint density at radius 1 is 1.09 bits per heavy atom. The van der Waals surface area contributed by atoms with E-state index in [1.165, 1.54) is 5.56 Å². The number of thiocarbonyl (C=S) groups is 1. The number of hydrogen-bond donors (Lipinski definition) is 1. The van der Waals surface area contributed by atoms with Crippen LogP contribution >= 0.6 is 28.1 Å². The van der Waals surface area contributed by atoms with Crippen molar-refractivity contribution in [2.24, 2.45) is 5.73 Å². The molecule has 2 N–H and O–H groups in total. The summed E-state index contributed by atoms with van der Waals surface area (Å²) in [6.45, 7) is 5.24. The van der Waals surface area contributed by atoms with E-state index in [0.717, 1.165) is 21.5 Å². The molecule has 5 heteroatoms. The Morgan fingerprint density at radius 3 is 2.35 bits per heavy atom. The second-order valence-electron chi connectivity index (χ2n) is 5.40. The lowest BCUT2D eigenvalue weighted by atomic mass is 10.0. The monoisotopic (exact) mass is 393 g/mol. The van der Waals surface area contributed by atoms with Gasteiger partial charge >= 0.3 is 0 Å². The van der Waals surface area contributed by atoms with E-state index in [0.29, 0.717) is 24.1 Å². The number of nitrogens with two attached hydrogens (primary N) is 1. The van der Waals surface area contributed by atoms with Gasteiger partial charge in [0.25, 0.3) is 0 Å². The normalized spacial score (nSPS) is 10.6. The minimum atomic E-state index is 0.367. The van der Waals surface area contributed by atoms with E-state index >= 15 is 0 Å². The summed E-state index contributed by atoms with van der Waals surface area (Å²) in [6, 6.07) is 13.6. The summed E-state index contributed by atoms with van der Waals surface area (Å²) in [5, 5.41) is 0. The average Bonchev–Trinajstić information content (AvgIpc) is 2.52. The zero-order chi connectivity index (χ0) is 16.8. The maximum Gasteiger partial charge on any atom is 0.133 e. The molecule has 0 fully saturated rings. The summed E-state index contributed by atoms with van der Waals surface area (Å²) < 4.78 is 12.4. The van der Waals surface area contributed by atoms with Crippen LogP contribution in [0.2, 0.25) is 0 Å². The van der Waals surface area contributed by atoms with Crippen LogP contribution in [0.5, 0.6) is 11.5 Å². The Balaban J connectivity index is 1.90. The van der Waals surface area contributed by atoms with Crippen molar-refractivity contribution in [1.82, 2.24) is 0 Å². The van der Waals surface area contributed by atoms with Gasteiger partial charge < -0.3 is 15.2 Å². The Kier molecular flexibility index (Phi) is 6.42. The third-order valence-corrected chi connectivity index (χ3v) is 4.21. The van der Waals surface area contributed by atoms with Gasteiger partial charge in [-0.3, -0.25) is 0 Å². The zero-order valence-corrected chi connectivity index (χ0v) is 15.6. The molecular formula is C18H20BrNO2S. The molecule has 122 valence electrons. The van der Waals surface area contributed by atoms with Crippen LogP contribution < -0.4 is 15.2 Å². The summed E-state index contributed by atoms with van der Waals surface area (Å²) in [4.78, 5) is 0.367. The van der Waals surface area contributed by atoms with Crippen molar-refractivity contribution in [3.8, 4) is 11.5 Å². The van der Waals surface area contributed by atoms with Crippen LogP contribution in [0.1, 0.15) is 30.9 Å². The van der Waals surface area contributed by atoms with Gasteiger partial charge in [-0.05, 0) is 51.7 Å². The van der Waals surface area contributed by atoms with Gasteiger partial charge in [0.05, 0.1) is 4.47 Å². The highest BCUT2D eigenvalue weighted by Crippen LogP contribution is 2.27. The first-order chi connectivity index (χ1) is 11.0. The van der Waals surface area contributed by atoms with Crippen molar-refractivity contribution in [1.29, 1.82) is 0 Å². The fourth-order valence-corrected chi connectivity index (χ4v) is 2.78. The number of ether oxygens (including phenoxy) is 2. The maximum atomic E-state index is 5.84. The van der Waals surface area contributed by atoms with Crippen LogP contribution in [0.25, 0.3) is 0 Å². The lowest BCUT2D eigenvalue weighted by Gasteiger charge is -2.14. The van der Waals surface area contributed by atoms with Crippen LogP contribution in [0, 0.1) is 0 Å². The molecule has 0 saturated carbocycles. The van der Waals surface area contributed by atoms with E-state index in [9.17, 15) is 0 Å². The van der Waals surface area contributed by atoms with Crippen molar-refractivity contribution in [2.75, 3.05) is 13.2 Å². The SMILES string of the molecule is CC(C)c1ccccc1OCCOc1ccc(C(N)=S)cc1Br. The van der Waals surface area contributed by atoms with E-state index in [1.54, 1.807) is 0 Å². The molecule has 2 rings (SSSR count). The molecule has 0 amide bonds. The molecule has 23 heavy (non-hydrogen) atoms. The van der Waals surface area contributed by atoms with E-state index in [1.807, 2.05) is 36.4 Å². The predicted octanol–water partition coefficient (Wildman–Crippen LogP) is 4.66. The highest BCUT2D eigenvalue weighted by molar-refractivity contribution is 9.10. The van der Waals surface area contributed by atoms with Crippen molar-refractivity contribution in [3.05, 3.63) is 58.1 Å². The number of halogens is 1. The van der Waals surface area contributed by atoms with E-state index in [4.69, 9.17) is 27.4 Å². The molecule has 0 aliphatic heterocycles. The topological polar surface area (TPSA) is 44.5 Å². The second-order valence-corrected chi connectivity index (χ2v) is 6.69. The molecule has 2 aromatic carbocycles. The Bertz CT molecular complexity index is 688. The smallest absolute Gasteiger partial charge is 0.133 e. The predicted molar refractivity (Wildman–Crippen MR) is 102 cm³/mol. The summed E-state index contributed by atoms with van der Waals surface area (Å²) in [7, 11) is 0. The highest BCUT2D eigenvalue weighted by Gasteiger charge is 2.07. The molecule has 2 aromatic rings. The molecule has 0 heterocycles. The van der Waals surface area contributed by atoms with Crippen molar-refractivity contribution >= 4 is 33.1 Å². The van der Waals surface area contributed by atoms with Crippen molar-refractivity contribution in [2.45, 2.75) is 19.8 Å². The first kappa shape index (κ1) is 17.8. The van der Waals surface area contributed by atoms with Gasteiger partial charge in [-0.1, -0.05) is 44.3 Å². The second kappa shape index (κ2) is 8.31. The van der Waals surface area contributed by atoms with Gasteiger partial charge in [-0.15, -0.1) is 0 Å². The number of benzene rings is 2. The number of rotatable bonds is 7. The maximum absolute atomic E-state index is 5.84. The summed E-state index contributed by atoms with van der Waals surface area (Å²) in [6.07, 6.45) is 0. The number of para-hydroxylation sites is 1. The van der Waals surface area contributed by atoms with Crippen LogP contribution in [0.3, 0.4) is 0 Å². The highest BCUT2D eigenvalue weighted by atomic mass is 79.9. The lowest BCUT2D eigenvalue weighted by Crippen LogP contribution is -2.11. The molecule has 0 spiro atoms. The molecule has 0 aliphatic rings. The van der Waals surface area contributed by atoms with Crippen LogP contribution in [-0.2, 0) is 0 Å². The molecule has 3 nitrogen and oxygen atoms in total. The molecule has 0 unspecified atom stereocenters. The first-order valence-electron chi connectivity index (χ1n) is 7.43. The van der Waals surface area contributed by atoms with Crippen LogP contribution in [-0.4, -0.2) is 18.2 Å². The van der Waals surface area contributed by atoms with Crippen LogP contribution in [0.15, 0.2) is 46.9 Å². The largest absolute Gasteiger partial charge is 0.490 e. The van der Waals surface area contributed by atoms with Crippen molar-refractivity contribution in [3.63, 3.8) is 0 Å². The first-order valence-corrected chi connectivity index (χ1v) is 8.63. The zero-order valence-electron chi connectivity index (χ0n) is 13.2. The van der Waals surface area contributed by atoms with Crippen molar-refractivity contribution < 1.29 is 9.47 Å². The molecular weight excluding hydrogens is 374 g/mol. The molecule has 0 atom stereocenters. The Labute approximate surface area is 150 Å². The fourth-order valence-electron chi connectivity index (χ4n) is 2.16. The molecule has 0 aliphatic carbocycles.